The lowest BCUT2D eigenvalue weighted by Gasteiger charge is -2.16. The largest absolute Gasteiger partial charge is 0.481 e. The Bertz CT molecular complexity index is 1070. The zero-order valence-corrected chi connectivity index (χ0v) is 18.8. The Kier molecular flexibility index (Phi) is 6.00. The number of nitrogens with one attached hydrogen (secondary N) is 2. The minimum atomic E-state index is -0.759. The normalized spacial score (nSPS) is 24.0. The molecule has 0 aliphatic heterocycles. The standard InChI is InChI=1S/C26H28N2O6/c29-23(28-17-11-16-12-26(16,13-17)24(30)31)15-33-10-9-27-25(32)34-14-22-20-7-3-1-5-18(20)19-6-2-4-8-21(19)22/h1-8,16-17,22H,9-15H2,(H,27,32)(H,28,29)(H,30,31). The van der Waals surface area contributed by atoms with Crippen molar-refractivity contribution in [2.75, 3.05) is 26.4 Å². The molecule has 0 bridgehead atoms. The van der Waals surface area contributed by atoms with Crippen molar-refractivity contribution in [3.63, 3.8) is 0 Å². The lowest BCUT2D eigenvalue weighted by Crippen LogP contribution is -2.38. The Morgan fingerprint density at radius 3 is 2.32 bits per heavy atom. The van der Waals surface area contributed by atoms with E-state index in [0.717, 1.165) is 11.1 Å². The minimum absolute atomic E-state index is 0.0000136. The van der Waals surface area contributed by atoms with Crippen molar-refractivity contribution in [2.45, 2.75) is 31.2 Å². The zero-order chi connectivity index (χ0) is 23.7. The maximum absolute atomic E-state index is 12.2. The number of carbonyl (C=O) groups excluding carboxylic acids is 2. The summed E-state index contributed by atoms with van der Waals surface area (Å²) in [6.07, 6.45) is 1.38. The second kappa shape index (κ2) is 9.10. The van der Waals surface area contributed by atoms with Gasteiger partial charge in [-0.1, -0.05) is 48.5 Å². The smallest absolute Gasteiger partial charge is 0.407 e. The van der Waals surface area contributed by atoms with Crippen LogP contribution in [-0.4, -0.2) is 55.5 Å². The van der Waals surface area contributed by atoms with E-state index in [4.69, 9.17) is 9.47 Å². The lowest BCUT2D eigenvalue weighted by atomic mass is 9.98. The number of hydrogen-bond acceptors (Lipinski definition) is 5. The number of alkyl carbamates (subject to hydrolysis) is 1. The van der Waals surface area contributed by atoms with E-state index < -0.39 is 17.5 Å². The van der Waals surface area contributed by atoms with Crippen molar-refractivity contribution in [1.82, 2.24) is 10.6 Å². The van der Waals surface area contributed by atoms with Gasteiger partial charge in [0.25, 0.3) is 0 Å². The molecule has 34 heavy (non-hydrogen) atoms. The van der Waals surface area contributed by atoms with Gasteiger partial charge >= 0.3 is 12.1 Å². The molecule has 2 aromatic carbocycles. The van der Waals surface area contributed by atoms with Crippen molar-refractivity contribution in [2.24, 2.45) is 11.3 Å². The van der Waals surface area contributed by atoms with E-state index in [1.807, 2.05) is 24.3 Å². The Morgan fingerprint density at radius 1 is 1.00 bits per heavy atom. The molecule has 3 aliphatic carbocycles. The van der Waals surface area contributed by atoms with Crippen LogP contribution in [0.4, 0.5) is 4.79 Å². The van der Waals surface area contributed by atoms with E-state index in [0.29, 0.717) is 19.3 Å². The number of carboxylic acids is 1. The van der Waals surface area contributed by atoms with Gasteiger partial charge < -0.3 is 25.2 Å². The van der Waals surface area contributed by atoms with Crippen LogP contribution >= 0.6 is 0 Å². The summed E-state index contributed by atoms with van der Waals surface area (Å²) in [4.78, 5) is 35.5. The molecule has 8 heteroatoms. The van der Waals surface area contributed by atoms with Crippen LogP contribution in [-0.2, 0) is 19.1 Å². The van der Waals surface area contributed by atoms with E-state index in [9.17, 15) is 19.5 Å². The highest BCUT2D eigenvalue weighted by atomic mass is 16.5. The van der Waals surface area contributed by atoms with Crippen LogP contribution in [0.25, 0.3) is 11.1 Å². The zero-order valence-electron chi connectivity index (χ0n) is 18.8. The van der Waals surface area contributed by atoms with Crippen LogP contribution in [0.3, 0.4) is 0 Å². The lowest BCUT2D eigenvalue weighted by molar-refractivity contribution is -0.144. The Balaban J connectivity index is 0.994. The molecule has 3 N–H and O–H groups in total. The van der Waals surface area contributed by atoms with E-state index in [1.165, 1.54) is 11.1 Å². The molecule has 3 unspecified atom stereocenters. The number of carboxylic acid groups (broad SMARTS) is 1. The van der Waals surface area contributed by atoms with Gasteiger partial charge in [0, 0.05) is 18.5 Å². The van der Waals surface area contributed by atoms with Gasteiger partial charge in [0.05, 0.1) is 12.0 Å². The number of fused-ring (bicyclic) bond motifs is 4. The third-order valence-electron chi connectivity index (χ3n) is 7.30. The van der Waals surface area contributed by atoms with Gasteiger partial charge in [0.1, 0.15) is 13.2 Å². The van der Waals surface area contributed by atoms with Crippen molar-refractivity contribution >= 4 is 18.0 Å². The number of ether oxygens (including phenoxy) is 2. The molecule has 3 atom stereocenters. The third-order valence-corrected chi connectivity index (χ3v) is 7.30. The van der Waals surface area contributed by atoms with Crippen LogP contribution in [0.1, 0.15) is 36.3 Å². The van der Waals surface area contributed by atoms with Gasteiger partial charge in [-0.3, -0.25) is 9.59 Å². The predicted octanol–water partition coefficient (Wildman–Crippen LogP) is 2.91. The number of benzene rings is 2. The first-order valence-electron chi connectivity index (χ1n) is 11.7. The SMILES string of the molecule is O=C(COCCNC(=O)OCC1c2ccccc2-c2ccccc21)NC1CC2CC2(C(=O)O)C1. The maximum Gasteiger partial charge on any atom is 0.407 e. The topological polar surface area (TPSA) is 114 Å². The first kappa shape index (κ1) is 22.4. The van der Waals surface area contributed by atoms with Gasteiger partial charge in [-0.05, 0) is 47.4 Å². The van der Waals surface area contributed by atoms with Crippen LogP contribution in [0.2, 0.25) is 0 Å². The highest BCUT2D eigenvalue weighted by molar-refractivity contribution is 5.81. The minimum Gasteiger partial charge on any atom is -0.481 e. The quantitative estimate of drug-likeness (QED) is 0.492. The molecule has 0 radical (unpaired) electrons. The summed E-state index contributed by atoms with van der Waals surface area (Å²) >= 11 is 0. The van der Waals surface area contributed by atoms with Crippen molar-refractivity contribution in [3.8, 4) is 11.1 Å². The second-order valence-electron chi connectivity index (χ2n) is 9.37. The molecular weight excluding hydrogens is 436 g/mol. The highest BCUT2D eigenvalue weighted by Crippen LogP contribution is 2.63. The summed E-state index contributed by atoms with van der Waals surface area (Å²) < 4.78 is 10.8. The fourth-order valence-corrected chi connectivity index (χ4v) is 5.57. The summed E-state index contributed by atoms with van der Waals surface area (Å²) in [6, 6.07) is 16.2. The Hall–Kier alpha value is -3.39. The third kappa shape index (κ3) is 4.25. The molecular formula is C26H28N2O6. The monoisotopic (exact) mass is 464 g/mol. The molecule has 2 saturated carbocycles. The van der Waals surface area contributed by atoms with Gasteiger partial charge in [0.2, 0.25) is 5.91 Å². The molecule has 0 aromatic heterocycles. The van der Waals surface area contributed by atoms with E-state index in [1.54, 1.807) is 0 Å². The Morgan fingerprint density at radius 2 is 1.68 bits per heavy atom. The summed E-state index contributed by atoms with van der Waals surface area (Å²) in [5.74, 6) is -0.851. The number of amides is 2. The molecule has 5 rings (SSSR count). The van der Waals surface area contributed by atoms with Gasteiger partial charge in [-0.2, -0.15) is 0 Å². The molecule has 2 amide bonds. The van der Waals surface area contributed by atoms with Crippen LogP contribution < -0.4 is 10.6 Å². The molecule has 2 fully saturated rings. The van der Waals surface area contributed by atoms with E-state index >= 15 is 0 Å². The van der Waals surface area contributed by atoms with Crippen molar-refractivity contribution in [3.05, 3.63) is 59.7 Å². The first-order valence-corrected chi connectivity index (χ1v) is 11.7. The van der Waals surface area contributed by atoms with Crippen LogP contribution in [0.15, 0.2) is 48.5 Å². The highest BCUT2D eigenvalue weighted by Gasteiger charge is 2.65. The van der Waals surface area contributed by atoms with E-state index in [2.05, 4.69) is 34.9 Å². The molecule has 178 valence electrons. The van der Waals surface area contributed by atoms with Crippen LogP contribution in [0, 0.1) is 11.3 Å². The second-order valence-corrected chi connectivity index (χ2v) is 9.37. The summed E-state index contributed by atoms with van der Waals surface area (Å²) in [6.45, 7) is 0.499. The molecule has 0 spiro atoms. The predicted molar refractivity (Wildman–Crippen MR) is 123 cm³/mol. The number of aliphatic carboxylic acids is 1. The summed E-state index contributed by atoms with van der Waals surface area (Å²) in [7, 11) is 0. The number of rotatable bonds is 9. The van der Waals surface area contributed by atoms with Gasteiger partial charge in [0.15, 0.2) is 0 Å². The average molecular weight is 465 g/mol. The average Bonchev–Trinajstić information content (AvgIpc) is 3.26. The molecule has 3 aliphatic rings. The van der Waals surface area contributed by atoms with Crippen molar-refractivity contribution in [1.29, 1.82) is 0 Å². The Labute approximate surface area is 197 Å². The van der Waals surface area contributed by atoms with E-state index in [-0.39, 0.29) is 50.2 Å². The molecule has 0 saturated heterocycles. The van der Waals surface area contributed by atoms with Crippen molar-refractivity contribution < 1.29 is 29.0 Å². The summed E-state index contributed by atoms with van der Waals surface area (Å²) in [5.41, 5.74) is 4.03. The molecule has 0 heterocycles. The number of hydrogen-bond donors (Lipinski definition) is 3. The maximum atomic E-state index is 12.2. The number of carbonyl (C=O) groups is 3. The molecule has 8 nitrogen and oxygen atoms in total. The summed E-state index contributed by atoms with van der Waals surface area (Å²) in [5, 5.41) is 14.8. The first-order chi connectivity index (χ1) is 16.5. The fourth-order valence-electron chi connectivity index (χ4n) is 5.57. The van der Waals surface area contributed by atoms with Gasteiger partial charge in [-0.15, -0.1) is 0 Å². The fraction of sp³-hybridized carbons (Fsp3) is 0.423. The van der Waals surface area contributed by atoms with Gasteiger partial charge in [-0.25, -0.2) is 4.79 Å². The van der Waals surface area contributed by atoms with Crippen LogP contribution in [0.5, 0.6) is 0 Å². The molecule has 2 aromatic rings.